The van der Waals surface area contributed by atoms with Gasteiger partial charge in [-0.1, -0.05) is 48.5 Å². The first kappa shape index (κ1) is 9.78. The van der Waals surface area contributed by atoms with E-state index in [9.17, 15) is 0 Å². The van der Waals surface area contributed by atoms with Crippen LogP contribution in [0.15, 0.2) is 66.9 Å². The second-order valence-electron chi connectivity index (χ2n) is 3.68. The van der Waals surface area contributed by atoms with Crippen molar-refractivity contribution in [1.82, 2.24) is 9.90 Å². The summed E-state index contributed by atoms with van der Waals surface area (Å²) in [5, 5.41) is 4.43. The molecule has 0 unspecified atom stereocenters. The fourth-order valence-electron chi connectivity index (χ4n) is 1.66. The van der Waals surface area contributed by atoms with Gasteiger partial charge in [-0.05, 0) is 12.1 Å². The smallest absolute Gasteiger partial charge is 0.153 e. The van der Waals surface area contributed by atoms with Crippen molar-refractivity contribution < 1.29 is 4.68 Å². The fraction of sp³-hybridized carbons (Fsp3) is 0. The molecule has 17 heavy (non-hydrogen) atoms. The normalized spacial score (nSPS) is 10.4. The third kappa shape index (κ3) is 1.95. The largest absolute Gasteiger partial charge is 0.263 e. The van der Waals surface area contributed by atoms with E-state index in [1.165, 1.54) is 0 Å². The molecule has 2 aromatic carbocycles. The van der Waals surface area contributed by atoms with Gasteiger partial charge in [0.05, 0.1) is 11.4 Å². The van der Waals surface area contributed by atoms with Crippen LogP contribution in [0, 0.1) is 6.20 Å². The van der Waals surface area contributed by atoms with Gasteiger partial charge < -0.3 is 0 Å². The van der Waals surface area contributed by atoms with Gasteiger partial charge in [-0.15, -0.1) is 4.68 Å². The average molecular weight is 221 g/mol. The first-order valence-corrected chi connectivity index (χ1v) is 5.44. The lowest BCUT2D eigenvalue weighted by Crippen LogP contribution is -2.33. The third-order valence-corrected chi connectivity index (χ3v) is 2.51. The highest BCUT2D eigenvalue weighted by atomic mass is 15.5. The SMILES string of the molecule is [c-]1cn(-c2ccccc2)n[n+]1-c1ccccc1. The first-order chi connectivity index (χ1) is 8.43. The average Bonchev–Trinajstić information content (AvgIpc) is 2.90. The molecule has 0 amide bonds. The molecular formula is C14H11N3. The van der Waals surface area contributed by atoms with E-state index in [0.29, 0.717) is 0 Å². The van der Waals surface area contributed by atoms with Gasteiger partial charge in [0, 0.05) is 11.9 Å². The van der Waals surface area contributed by atoms with E-state index in [1.54, 1.807) is 9.36 Å². The van der Waals surface area contributed by atoms with Crippen LogP contribution in [-0.2, 0) is 0 Å². The predicted molar refractivity (Wildman–Crippen MR) is 63.9 cm³/mol. The summed E-state index contributed by atoms with van der Waals surface area (Å²) in [6.45, 7) is 0. The monoisotopic (exact) mass is 221 g/mol. The van der Waals surface area contributed by atoms with Gasteiger partial charge in [-0.3, -0.25) is 4.68 Å². The summed E-state index contributed by atoms with van der Waals surface area (Å²) >= 11 is 0. The fourth-order valence-corrected chi connectivity index (χ4v) is 1.66. The van der Waals surface area contributed by atoms with Gasteiger partial charge in [-0.25, -0.2) is 0 Å². The van der Waals surface area contributed by atoms with Crippen LogP contribution in [0.4, 0.5) is 0 Å². The van der Waals surface area contributed by atoms with E-state index in [2.05, 4.69) is 11.4 Å². The molecule has 3 rings (SSSR count). The van der Waals surface area contributed by atoms with Crippen molar-refractivity contribution in [1.29, 1.82) is 0 Å². The molecule has 0 saturated heterocycles. The molecule has 0 fully saturated rings. The summed E-state index contributed by atoms with van der Waals surface area (Å²) < 4.78 is 3.53. The number of nitrogens with zero attached hydrogens (tertiary/aromatic N) is 3. The Morgan fingerprint density at radius 2 is 1.53 bits per heavy atom. The summed E-state index contributed by atoms with van der Waals surface area (Å²) in [6, 6.07) is 19.9. The summed E-state index contributed by atoms with van der Waals surface area (Å²) in [6.07, 6.45) is 4.91. The van der Waals surface area contributed by atoms with E-state index in [4.69, 9.17) is 0 Å². The highest BCUT2D eigenvalue weighted by Crippen LogP contribution is 2.03. The van der Waals surface area contributed by atoms with Gasteiger partial charge in [-0.2, -0.15) is 0 Å². The van der Waals surface area contributed by atoms with Crippen molar-refractivity contribution in [2.45, 2.75) is 0 Å². The Morgan fingerprint density at radius 3 is 2.24 bits per heavy atom. The molecule has 3 heteroatoms. The number of hydrogen-bond donors (Lipinski definition) is 0. The number of aromatic nitrogens is 3. The Labute approximate surface area is 99.6 Å². The van der Waals surface area contributed by atoms with E-state index >= 15 is 0 Å². The molecule has 0 aliphatic rings. The zero-order chi connectivity index (χ0) is 11.5. The molecule has 3 nitrogen and oxygen atoms in total. The third-order valence-electron chi connectivity index (χ3n) is 2.51. The standard InChI is InChI=1S/C14H11N3/c1-3-7-13(8-4-1)16-11-12-17(15-16)14-9-5-2-6-10-14/h1-11H. The Balaban J connectivity index is 1.99. The highest BCUT2D eigenvalue weighted by Gasteiger charge is 2.02. The summed E-state index contributed by atoms with van der Waals surface area (Å²) in [5.74, 6) is 0. The minimum atomic E-state index is 1.00. The minimum Gasteiger partial charge on any atom is -0.263 e. The number of para-hydroxylation sites is 2. The van der Waals surface area contributed by atoms with Crippen molar-refractivity contribution in [2.24, 2.45) is 0 Å². The van der Waals surface area contributed by atoms with Crippen molar-refractivity contribution in [3.05, 3.63) is 73.1 Å². The van der Waals surface area contributed by atoms with E-state index < -0.39 is 0 Å². The van der Waals surface area contributed by atoms with Crippen LogP contribution in [-0.4, -0.2) is 9.90 Å². The maximum atomic E-state index is 4.43. The molecule has 1 heterocycles. The molecular weight excluding hydrogens is 210 g/mol. The molecule has 0 bridgehead atoms. The molecule has 3 aromatic rings. The molecule has 0 saturated carbocycles. The van der Waals surface area contributed by atoms with Gasteiger partial charge >= 0.3 is 0 Å². The Morgan fingerprint density at radius 1 is 0.882 bits per heavy atom. The van der Waals surface area contributed by atoms with E-state index in [0.717, 1.165) is 11.4 Å². The quantitative estimate of drug-likeness (QED) is 0.479. The molecule has 0 spiro atoms. The molecule has 0 aliphatic heterocycles. The molecule has 0 aliphatic carbocycles. The van der Waals surface area contributed by atoms with Crippen LogP contribution in [0.1, 0.15) is 0 Å². The van der Waals surface area contributed by atoms with Crippen molar-refractivity contribution in [2.75, 3.05) is 0 Å². The minimum absolute atomic E-state index is 1.00. The molecule has 82 valence electrons. The second-order valence-corrected chi connectivity index (χ2v) is 3.68. The lowest BCUT2D eigenvalue weighted by atomic mass is 10.3. The number of benzene rings is 2. The van der Waals surface area contributed by atoms with E-state index in [1.807, 2.05) is 66.9 Å². The van der Waals surface area contributed by atoms with Gasteiger partial charge in [0.1, 0.15) is 0 Å². The molecule has 0 radical (unpaired) electrons. The van der Waals surface area contributed by atoms with E-state index in [-0.39, 0.29) is 0 Å². The second kappa shape index (κ2) is 4.22. The molecule has 0 N–H and O–H groups in total. The Kier molecular flexibility index (Phi) is 2.43. The van der Waals surface area contributed by atoms with Gasteiger partial charge in [0.2, 0.25) is 0 Å². The summed E-state index contributed by atoms with van der Waals surface area (Å²) in [7, 11) is 0. The zero-order valence-corrected chi connectivity index (χ0v) is 9.19. The number of hydrogen-bond acceptors (Lipinski definition) is 1. The van der Waals surface area contributed by atoms with Crippen LogP contribution in [0.2, 0.25) is 0 Å². The van der Waals surface area contributed by atoms with Crippen LogP contribution < -0.4 is 4.68 Å². The topological polar surface area (TPSA) is 21.7 Å². The van der Waals surface area contributed by atoms with Crippen molar-refractivity contribution in [3.63, 3.8) is 0 Å². The number of rotatable bonds is 2. The predicted octanol–water partition coefficient (Wildman–Crippen LogP) is 1.95. The lowest BCUT2D eigenvalue weighted by molar-refractivity contribution is -0.664. The zero-order valence-electron chi connectivity index (χ0n) is 9.19. The molecule has 0 atom stereocenters. The maximum Gasteiger partial charge on any atom is 0.153 e. The van der Waals surface area contributed by atoms with Crippen molar-refractivity contribution in [3.8, 4) is 11.4 Å². The van der Waals surface area contributed by atoms with Gasteiger partial charge in [0.25, 0.3) is 0 Å². The van der Waals surface area contributed by atoms with Crippen LogP contribution in [0.25, 0.3) is 11.4 Å². The highest BCUT2D eigenvalue weighted by molar-refractivity contribution is 5.29. The lowest BCUT2D eigenvalue weighted by Gasteiger charge is -2.01. The molecule has 1 aromatic heterocycles. The van der Waals surface area contributed by atoms with Gasteiger partial charge in [0.15, 0.2) is 5.69 Å². The van der Waals surface area contributed by atoms with Crippen LogP contribution in [0.5, 0.6) is 0 Å². The Hall–Kier alpha value is -2.42. The Bertz CT molecular complexity index is 546. The maximum absolute atomic E-state index is 4.43. The van der Waals surface area contributed by atoms with Crippen molar-refractivity contribution >= 4 is 0 Å². The van der Waals surface area contributed by atoms with Crippen LogP contribution in [0.3, 0.4) is 0 Å². The summed E-state index contributed by atoms with van der Waals surface area (Å²) in [4.78, 5) is 0. The van der Waals surface area contributed by atoms with Crippen LogP contribution >= 0.6 is 0 Å². The summed E-state index contributed by atoms with van der Waals surface area (Å²) in [5.41, 5.74) is 2.03. The first-order valence-electron chi connectivity index (χ1n) is 5.44.